The van der Waals surface area contributed by atoms with Crippen LogP contribution in [-0.2, 0) is 0 Å². The highest BCUT2D eigenvalue weighted by molar-refractivity contribution is 6.10. The maximum Gasteiger partial charge on any atom is 0.355 e. The molecule has 18 heavy (non-hydrogen) atoms. The number of aromatic carboxylic acids is 1. The van der Waals surface area contributed by atoms with Gasteiger partial charge in [0.05, 0.1) is 17.4 Å². The fourth-order valence-electron chi connectivity index (χ4n) is 1.34. The fourth-order valence-corrected chi connectivity index (χ4v) is 1.34. The van der Waals surface area contributed by atoms with Crippen LogP contribution < -0.4 is 11.1 Å². The van der Waals surface area contributed by atoms with Crippen molar-refractivity contribution in [3.8, 4) is 0 Å². The van der Waals surface area contributed by atoms with E-state index in [4.69, 9.17) is 10.8 Å². The number of nitrogens with two attached hydrogens (primary N) is 1. The predicted molar refractivity (Wildman–Crippen MR) is 62.1 cm³/mol. The van der Waals surface area contributed by atoms with Crippen molar-refractivity contribution in [3.05, 3.63) is 35.8 Å². The van der Waals surface area contributed by atoms with E-state index in [9.17, 15) is 9.59 Å². The lowest BCUT2D eigenvalue weighted by Crippen LogP contribution is -2.18. The summed E-state index contributed by atoms with van der Waals surface area (Å²) in [5, 5.41) is 17.6. The molecule has 1 amide bonds. The Morgan fingerprint density at radius 1 is 1.39 bits per heavy atom. The summed E-state index contributed by atoms with van der Waals surface area (Å²) in [6.45, 7) is 0. The summed E-state index contributed by atoms with van der Waals surface area (Å²) < 4.78 is 0. The molecule has 0 spiro atoms. The van der Waals surface area contributed by atoms with E-state index >= 15 is 0 Å². The van der Waals surface area contributed by atoms with Crippen LogP contribution in [0.2, 0.25) is 0 Å². The molecule has 0 atom stereocenters. The third-order valence-electron chi connectivity index (χ3n) is 2.12. The predicted octanol–water partition coefficient (Wildman–Crippen LogP) is 0.337. The zero-order chi connectivity index (χ0) is 13.1. The maximum atomic E-state index is 11.9. The van der Waals surface area contributed by atoms with Gasteiger partial charge in [0.25, 0.3) is 5.91 Å². The Balaban J connectivity index is 2.32. The molecule has 0 fully saturated rings. The van der Waals surface area contributed by atoms with Gasteiger partial charge in [0.1, 0.15) is 5.82 Å². The number of carboxylic acid groups (broad SMARTS) is 1. The van der Waals surface area contributed by atoms with E-state index in [0.717, 1.165) is 0 Å². The molecule has 8 nitrogen and oxygen atoms in total. The summed E-state index contributed by atoms with van der Waals surface area (Å²) in [4.78, 5) is 26.4. The summed E-state index contributed by atoms with van der Waals surface area (Å²) >= 11 is 0. The quantitative estimate of drug-likeness (QED) is 0.617. The molecule has 92 valence electrons. The van der Waals surface area contributed by atoms with Crippen molar-refractivity contribution in [1.29, 1.82) is 0 Å². The molecule has 0 aromatic carbocycles. The summed E-state index contributed by atoms with van der Waals surface area (Å²) in [5.41, 5.74) is 5.34. The molecule has 8 heteroatoms. The van der Waals surface area contributed by atoms with E-state index < -0.39 is 17.6 Å². The number of carbonyl (C=O) groups is 2. The van der Waals surface area contributed by atoms with Gasteiger partial charge >= 0.3 is 5.97 Å². The first-order valence-electron chi connectivity index (χ1n) is 4.88. The van der Waals surface area contributed by atoms with Crippen molar-refractivity contribution in [2.24, 2.45) is 0 Å². The largest absolute Gasteiger partial charge is 0.476 e. The number of nitrogen functional groups attached to an aromatic ring is 1. The van der Waals surface area contributed by atoms with Crippen LogP contribution >= 0.6 is 0 Å². The molecule has 0 radical (unpaired) electrons. The number of H-pyrrole nitrogens is 1. The summed E-state index contributed by atoms with van der Waals surface area (Å²) in [5.74, 6) is -1.88. The molecular formula is C10H9N5O3. The number of anilines is 2. The fraction of sp³-hybridized carbons (Fsp3) is 0. The molecule has 0 bridgehead atoms. The summed E-state index contributed by atoms with van der Waals surface area (Å²) in [6.07, 6.45) is 2.85. The molecule has 0 aliphatic rings. The second-order valence-corrected chi connectivity index (χ2v) is 3.38. The van der Waals surface area contributed by atoms with E-state index in [1.165, 1.54) is 24.5 Å². The van der Waals surface area contributed by atoms with Crippen molar-refractivity contribution >= 4 is 23.4 Å². The molecule has 5 N–H and O–H groups in total. The second kappa shape index (κ2) is 4.53. The Labute approximate surface area is 101 Å². The lowest BCUT2D eigenvalue weighted by Gasteiger charge is -2.05. The number of carboxylic acids is 1. The van der Waals surface area contributed by atoms with Crippen molar-refractivity contribution in [3.63, 3.8) is 0 Å². The normalized spacial score (nSPS) is 10.0. The lowest BCUT2D eigenvalue weighted by atomic mass is 10.1. The van der Waals surface area contributed by atoms with Gasteiger partial charge in [-0.3, -0.25) is 9.89 Å². The van der Waals surface area contributed by atoms with Crippen molar-refractivity contribution in [2.75, 3.05) is 11.1 Å². The molecule has 2 aromatic heterocycles. The number of carbonyl (C=O) groups excluding carboxylic acids is 1. The van der Waals surface area contributed by atoms with Crippen LogP contribution in [0.1, 0.15) is 20.8 Å². The number of hydrogen-bond acceptors (Lipinski definition) is 5. The van der Waals surface area contributed by atoms with Crippen LogP contribution in [0.4, 0.5) is 11.5 Å². The first-order valence-corrected chi connectivity index (χ1v) is 4.88. The maximum absolute atomic E-state index is 11.9. The zero-order valence-corrected chi connectivity index (χ0v) is 9.04. The van der Waals surface area contributed by atoms with Gasteiger partial charge in [-0.1, -0.05) is 0 Å². The zero-order valence-electron chi connectivity index (χ0n) is 9.04. The van der Waals surface area contributed by atoms with Crippen LogP contribution in [0, 0.1) is 0 Å². The molecule has 2 rings (SSSR count). The van der Waals surface area contributed by atoms with Gasteiger partial charge in [-0.25, -0.2) is 9.78 Å². The topological polar surface area (TPSA) is 134 Å². The minimum absolute atomic E-state index is 0.0345. The van der Waals surface area contributed by atoms with Crippen LogP contribution in [0.25, 0.3) is 0 Å². The average molecular weight is 247 g/mol. The SMILES string of the molecule is Nc1ccc(C(=O)Nc2cn[nH]c2)c(C(=O)O)n1. The first-order chi connectivity index (χ1) is 8.58. The Morgan fingerprint density at radius 2 is 2.17 bits per heavy atom. The van der Waals surface area contributed by atoms with Crippen molar-refractivity contribution in [2.45, 2.75) is 0 Å². The van der Waals surface area contributed by atoms with E-state index in [0.29, 0.717) is 5.69 Å². The first kappa shape index (κ1) is 11.6. The van der Waals surface area contributed by atoms with Crippen LogP contribution in [0.5, 0.6) is 0 Å². The van der Waals surface area contributed by atoms with Gasteiger partial charge in [-0.05, 0) is 12.1 Å². The van der Waals surface area contributed by atoms with Crippen LogP contribution in [0.15, 0.2) is 24.5 Å². The smallest absolute Gasteiger partial charge is 0.355 e. The number of aromatic nitrogens is 3. The number of nitrogens with one attached hydrogen (secondary N) is 2. The van der Waals surface area contributed by atoms with Gasteiger partial charge in [0.15, 0.2) is 5.69 Å². The van der Waals surface area contributed by atoms with Crippen LogP contribution in [0.3, 0.4) is 0 Å². The van der Waals surface area contributed by atoms with Gasteiger partial charge in [-0.2, -0.15) is 5.10 Å². The third-order valence-corrected chi connectivity index (χ3v) is 2.12. The van der Waals surface area contributed by atoms with Gasteiger partial charge in [-0.15, -0.1) is 0 Å². The highest BCUT2D eigenvalue weighted by Crippen LogP contribution is 2.12. The molecule has 0 saturated carbocycles. The van der Waals surface area contributed by atoms with E-state index in [1.807, 2.05) is 0 Å². The third kappa shape index (κ3) is 2.26. The number of aromatic amines is 1. The molecule has 0 unspecified atom stereocenters. The minimum atomic E-state index is -1.32. The van der Waals surface area contributed by atoms with Crippen LogP contribution in [-0.4, -0.2) is 32.2 Å². The lowest BCUT2D eigenvalue weighted by molar-refractivity contribution is 0.0686. The number of amides is 1. The van der Waals surface area contributed by atoms with Gasteiger partial charge < -0.3 is 16.2 Å². The molecule has 2 heterocycles. The Kier molecular flexibility index (Phi) is 2.92. The highest BCUT2D eigenvalue weighted by Gasteiger charge is 2.18. The summed E-state index contributed by atoms with van der Waals surface area (Å²) in [7, 11) is 0. The standard InChI is InChI=1S/C10H9N5O3/c11-7-2-1-6(8(15-7)10(17)18)9(16)14-5-3-12-13-4-5/h1-4H,(H2,11,15)(H,12,13)(H,14,16)(H,17,18). The van der Waals surface area contributed by atoms with Gasteiger partial charge in [0.2, 0.25) is 0 Å². The Bertz CT molecular complexity index is 594. The molecule has 2 aromatic rings. The number of nitrogens with zero attached hydrogens (tertiary/aromatic N) is 2. The Morgan fingerprint density at radius 3 is 2.78 bits per heavy atom. The van der Waals surface area contributed by atoms with Crippen molar-refractivity contribution in [1.82, 2.24) is 15.2 Å². The van der Waals surface area contributed by atoms with E-state index in [2.05, 4.69) is 20.5 Å². The number of pyridine rings is 1. The van der Waals surface area contributed by atoms with Gasteiger partial charge in [0, 0.05) is 6.20 Å². The molecule has 0 aliphatic heterocycles. The molecule has 0 saturated heterocycles. The second-order valence-electron chi connectivity index (χ2n) is 3.38. The van der Waals surface area contributed by atoms with E-state index in [-0.39, 0.29) is 11.4 Å². The monoisotopic (exact) mass is 247 g/mol. The Hall–Kier alpha value is -2.90. The number of hydrogen-bond donors (Lipinski definition) is 4. The number of rotatable bonds is 3. The minimum Gasteiger partial charge on any atom is -0.476 e. The van der Waals surface area contributed by atoms with E-state index in [1.54, 1.807) is 0 Å². The highest BCUT2D eigenvalue weighted by atomic mass is 16.4. The average Bonchev–Trinajstić information content (AvgIpc) is 2.81. The van der Waals surface area contributed by atoms with Crippen molar-refractivity contribution < 1.29 is 14.7 Å². The molecule has 0 aliphatic carbocycles. The molecular weight excluding hydrogens is 238 g/mol. The summed E-state index contributed by atoms with van der Waals surface area (Å²) in [6, 6.07) is 2.66.